The van der Waals surface area contributed by atoms with Crippen molar-refractivity contribution >= 4 is 21.6 Å². The molecule has 0 aliphatic carbocycles. The molecule has 1 aromatic rings. The van der Waals surface area contributed by atoms with Gasteiger partial charge in [0.25, 0.3) is 5.69 Å². The molecule has 1 atom stereocenters. The van der Waals surface area contributed by atoms with Crippen molar-refractivity contribution < 1.29 is 14.4 Å². The first-order chi connectivity index (χ1) is 6.56. The molecule has 0 aliphatic heterocycles. The normalized spacial score (nSPS) is 12.5. The molecule has 1 N–H and O–H groups in total. The van der Waals surface area contributed by atoms with Crippen molar-refractivity contribution in [3.8, 4) is 0 Å². The quantitative estimate of drug-likeness (QED) is 0.673. The van der Waals surface area contributed by atoms with Gasteiger partial charge in [-0.15, -0.1) is 0 Å². The SMILES string of the molecule is O=[N+]([O-])c1cc(C(O)CF)ccc1Br. The van der Waals surface area contributed by atoms with Gasteiger partial charge in [-0.25, -0.2) is 4.39 Å². The third-order valence-electron chi connectivity index (χ3n) is 1.70. The molecular weight excluding hydrogens is 257 g/mol. The van der Waals surface area contributed by atoms with Gasteiger partial charge in [-0.05, 0) is 27.6 Å². The van der Waals surface area contributed by atoms with Crippen LogP contribution in [-0.4, -0.2) is 16.7 Å². The van der Waals surface area contributed by atoms with E-state index in [0.717, 1.165) is 6.07 Å². The molecule has 0 saturated heterocycles. The highest BCUT2D eigenvalue weighted by molar-refractivity contribution is 9.10. The van der Waals surface area contributed by atoms with Crippen molar-refractivity contribution in [1.29, 1.82) is 0 Å². The van der Waals surface area contributed by atoms with E-state index < -0.39 is 17.7 Å². The Labute approximate surface area is 87.6 Å². The van der Waals surface area contributed by atoms with E-state index in [2.05, 4.69) is 15.9 Å². The number of rotatable bonds is 3. The highest BCUT2D eigenvalue weighted by atomic mass is 79.9. The Kier molecular flexibility index (Phi) is 3.54. The van der Waals surface area contributed by atoms with E-state index in [9.17, 15) is 14.5 Å². The van der Waals surface area contributed by atoms with Crippen LogP contribution in [0.2, 0.25) is 0 Å². The summed E-state index contributed by atoms with van der Waals surface area (Å²) in [6, 6.07) is 3.99. The Bertz CT molecular complexity index is 358. The Balaban J connectivity index is 3.12. The highest BCUT2D eigenvalue weighted by Gasteiger charge is 2.15. The number of nitro benzene ring substituents is 1. The topological polar surface area (TPSA) is 63.4 Å². The lowest BCUT2D eigenvalue weighted by Crippen LogP contribution is -2.00. The largest absolute Gasteiger partial charge is 0.386 e. The summed E-state index contributed by atoms with van der Waals surface area (Å²) < 4.78 is 12.4. The second-order valence-corrected chi connectivity index (χ2v) is 3.49. The van der Waals surface area contributed by atoms with Gasteiger partial charge in [0.1, 0.15) is 12.8 Å². The number of nitro groups is 1. The van der Waals surface area contributed by atoms with Crippen LogP contribution in [-0.2, 0) is 0 Å². The number of alkyl halides is 1. The molecule has 0 fully saturated rings. The lowest BCUT2D eigenvalue weighted by Gasteiger charge is -2.06. The lowest BCUT2D eigenvalue weighted by molar-refractivity contribution is -0.385. The molecule has 0 bridgehead atoms. The number of hydrogen-bond donors (Lipinski definition) is 1. The maximum atomic E-state index is 12.1. The summed E-state index contributed by atoms with van der Waals surface area (Å²) in [5, 5.41) is 19.6. The van der Waals surface area contributed by atoms with E-state index in [-0.39, 0.29) is 11.3 Å². The van der Waals surface area contributed by atoms with Crippen LogP contribution in [0.1, 0.15) is 11.7 Å². The summed E-state index contributed by atoms with van der Waals surface area (Å²) in [4.78, 5) is 9.89. The van der Waals surface area contributed by atoms with E-state index >= 15 is 0 Å². The summed E-state index contributed by atoms with van der Waals surface area (Å²) in [5.41, 5.74) is 0.0115. The van der Waals surface area contributed by atoms with Crippen LogP contribution in [0.15, 0.2) is 22.7 Å². The van der Waals surface area contributed by atoms with Crippen LogP contribution in [0.5, 0.6) is 0 Å². The molecule has 6 heteroatoms. The minimum absolute atomic E-state index is 0.185. The standard InChI is InChI=1S/C8H7BrFNO3/c9-6-2-1-5(8(12)4-10)3-7(6)11(13)14/h1-3,8,12H,4H2. The molecule has 0 spiro atoms. The van der Waals surface area contributed by atoms with Crippen LogP contribution in [0.25, 0.3) is 0 Å². The maximum Gasteiger partial charge on any atom is 0.283 e. The van der Waals surface area contributed by atoms with Gasteiger partial charge in [0.15, 0.2) is 0 Å². The fourth-order valence-electron chi connectivity index (χ4n) is 0.966. The van der Waals surface area contributed by atoms with Crippen molar-refractivity contribution in [1.82, 2.24) is 0 Å². The van der Waals surface area contributed by atoms with Gasteiger partial charge in [0, 0.05) is 6.07 Å². The van der Waals surface area contributed by atoms with Gasteiger partial charge in [0.2, 0.25) is 0 Å². The van der Waals surface area contributed by atoms with Crippen molar-refractivity contribution in [3.63, 3.8) is 0 Å². The summed E-state index contributed by atoms with van der Waals surface area (Å²) in [7, 11) is 0. The summed E-state index contributed by atoms with van der Waals surface area (Å²) >= 11 is 2.98. The first kappa shape index (κ1) is 11.1. The first-order valence-electron chi connectivity index (χ1n) is 3.74. The molecule has 1 rings (SSSR count). The minimum Gasteiger partial charge on any atom is -0.386 e. The zero-order valence-corrected chi connectivity index (χ0v) is 8.57. The molecule has 0 aromatic heterocycles. The summed E-state index contributed by atoms with van der Waals surface area (Å²) in [6.07, 6.45) is -1.30. The average molecular weight is 264 g/mol. The molecule has 0 heterocycles. The molecule has 0 amide bonds. The van der Waals surface area contributed by atoms with Gasteiger partial charge < -0.3 is 5.11 Å². The molecule has 14 heavy (non-hydrogen) atoms. The number of aliphatic hydroxyl groups is 1. The predicted molar refractivity (Wildman–Crippen MR) is 51.7 cm³/mol. The molecule has 1 unspecified atom stereocenters. The van der Waals surface area contributed by atoms with E-state index in [1.54, 1.807) is 0 Å². The fraction of sp³-hybridized carbons (Fsp3) is 0.250. The number of halogens is 2. The zero-order chi connectivity index (χ0) is 10.7. The van der Waals surface area contributed by atoms with Gasteiger partial charge in [0.05, 0.1) is 9.40 Å². The molecule has 0 radical (unpaired) electrons. The number of benzene rings is 1. The van der Waals surface area contributed by atoms with Crippen LogP contribution in [0.3, 0.4) is 0 Å². The van der Waals surface area contributed by atoms with Crippen LogP contribution >= 0.6 is 15.9 Å². The molecule has 0 saturated carbocycles. The van der Waals surface area contributed by atoms with E-state index in [1.807, 2.05) is 0 Å². The van der Waals surface area contributed by atoms with Gasteiger partial charge in [-0.1, -0.05) is 6.07 Å². The van der Waals surface area contributed by atoms with Crippen molar-refractivity contribution in [2.24, 2.45) is 0 Å². The monoisotopic (exact) mass is 263 g/mol. The highest BCUT2D eigenvalue weighted by Crippen LogP contribution is 2.28. The average Bonchev–Trinajstić information content (AvgIpc) is 2.17. The van der Waals surface area contributed by atoms with Crippen molar-refractivity contribution in [3.05, 3.63) is 38.3 Å². The summed E-state index contributed by atoms with van der Waals surface area (Å²) in [6.45, 7) is -0.960. The molecule has 1 aromatic carbocycles. The minimum atomic E-state index is -1.30. The van der Waals surface area contributed by atoms with Gasteiger partial charge in [-0.3, -0.25) is 10.1 Å². The number of nitrogens with zero attached hydrogens (tertiary/aromatic N) is 1. The first-order valence-corrected chi connectivity index (χ1v) is 4.53. The smallest absolute Gasteiger partial charge is 0.283 e. The van der Waals surface area contributed by atoms with E-state index in [0.29, 0.717) is 4.47 Å². The maximum absolute atomic E-state index is 12.1. The number of hydrogen-bond acceptors (Lipinski definition) is 3. The summed E-state index contributed by atoms with van der Waals surface area (Å²) in [5.74, 6) is 0. The Morgan fingerprint density at radius 1 is 1.64 bits per heavy atom. The molecule has 4 nitrogen and oxygen atoms in total. The third-order valence-corrected chi connectivity index (χ3v) is 2.37. The Hall–Kier alpha value is -1.01. The van der Waals surface area contributed by atoms with Crippen LogP contribution in [0.4, 0.5) is 10.1 Å². The van der Waals surface area contributed by atoms with Crippen LogP contribution in [0, 0.1) is 10.1 Å². The van der Waals surface area contributed by atoms with Gasteiger partial charge >= 0.3 is 0 Å². The second kappa shape index (κ2) is 4.47. The van der Waals surface area contributed by atoms with Crippen LogP contribution < -0.4 is 0 Å². The fourth-order valence-corrected chi connectivity index (χ4v) is 1.36. The molecule has 76 valence electrons. The number of aliphatic hydroxyl groups excluding tert-OH is 1. The van der Waals surface area contributed by atoms with Gasteiger partial charge in [-0.2, -0.15) is 0 Å². The van der Waals surface area contributed by atoms with E-state index in [1.165, 1.54) is 12.1 Å². The van der Waals surface area contributed by atoms with Crippen molar-refractivity contribution in [2.45, 2.75) is 6.10 Å². The zero-order valence-electron chi connectivity index (χ0n) is 6.98. The Morgan fingerprint density at radius 2 is 2.29 bits per heavy atom. The second-order valence-electron chi connectivity index (χ2n) is 2.64. The Morgan fingerprint density at radius 3 is 2.79 bits per heavy atom. The van der Waals surface area contributed by atoms with Crippen molar-refractivity contribution in [2.75, 3.05) is 6.67 Å². The molecule has 0 aliphatic rings. The molecular formula is C8H7BrFNO3. The predicted octanol–water partition coefficient (Wildman–Crippen LogP) is 2.36. The van der Waals surface area contributed by atoms with E-state index in [4.69, 9.17) is 5.11 Å². The lowest BCUT2D eigenvalue weighted by atomic mass is 10.1. The third kappa shape index (κ3) is 2.27.